The number of carbonyl (C=O) groups excluding carboxylic acids is 1. The van der Waals surface area contributed by atoms with Crippen LogP contribution in [0.3, 0.4) is 0 Å². The highest BCUT2D eigenvalue weighted by molar-refractivity contribution is 6.04. The molecule has 0 spiro atoms. The van der Waals surface area contributed by atoms with Crippen molar-refractivity contribution in [3.8, 4) is 0 Å². The second-order valence-electron chi connectivity index (χ2n) is 4.64. The minimum atomic E-state index is -0.100. The molecule has 3 rings (SSSR count). The highest BCUT2D eigenvalue weighted by Gasteiger charge is 2.20. The lowest BCUT2D eigenvalue weighted by atomic mass is 10.1. The van der Waals surface area contributed by atoms with Gasteiger partial charge >= 0.3 is 0 Å². The lowest BCUT2D eigenvalue weighted by molar-refractivity contribution is 0.102. The van der Waals surface area contributed by atoms with Gasteiger partial charge in [-0.05, 0) is 12.1 Å². The number of aromatic nitrogens is 2. The van der Waals surface area contributed by atoms with Crippen molar-refractivity contribution >= 4 is 11.7 Å². The zero-order chi connectivity index (χ0) is 13.2. The average molecular weight is 256 g/mol. The quantitative estimate of drug-likeness (QED) is 0.852. The van der Waals surface area contributed by atoms with Crippen molar-refractivity contribution in [3.05, 3.63) is 47.2 Å². The van der Waals surface area contributed by atoms with Gasteiger partial charge < -0.3 is 10.6 Å². The molecule has 1 aliphatic heterocycles. The van der Waals surface area contributed by atoms with Crippen molar-refractivity contribution in [2.24, 2.45) is 7.05 Å². The van der Waals surface area contributed by atoms with Crippen molar-refractivity contribution in [2.45, 2.75) is 13.0 Å². The molecule has 0 saturated carbocycles. The lowest BCUT2D eigenvalue weighted by Crippen LogP contribution is -2.24. The Balaban J connectivity index is 1.88. The monoisotopic (exact) mass is 256 g/mol. The van der Waals surface area contributed by atoms with Crippen molar-refractivity contribution in [1.29, 1.82) is 0 Å². The molecule has 5 heteroatoms. The van der Waals surface area contributed by atoms with E-state index in [0.29, 0.717) is 5.56 Å². The Morgan fingerprint density at radius 3 is 2.95 bits per heavy atom. The largest absolute Gasteiger partial charge is 0.312 e. The van der Waals surface area contributed by atoms with Gasteiger partial charge in [0.2, 0.25) is 0 Å². The summed E-state index contributed by atoms with van der Waals surface area (Å²) in [6.07, 6.45) is 0.907. The third-order valence-electron chi connectivity index (χ3n) is 3.34. The van der Waals surface area contributed by atoms with E-state index in [1.807, 2.05) is 25.2 Å². The first-order chi connectivity index (χ1) is 9.25. The van der Waals surface area contributed by atoms with Crippen LogP contribution in [-0.2, 0) is 20.0 Å². The van der Waals surface area contributed by atoms with E-state index < -0.39 is 0 Å². The Hall–Kier alpha value is -2.14. The van der Waals surface area contributed by atoms with Crippen LogP contribution >= 0.6 is 0 Å². The molecule has 2 N–H and O–H groups in total. The second-order valence-corrected chi connectivity index (χ2v) is 4.64. The molecule has 5 nitrogen and oxygen atoms in total. The third-order valence-corrected chi connectivity index (χ3v) is 3.34. The van der Waals surface area contributed by atoms with Gasteiger partial charge in [0.15, 0.2) is 0 Å². The molecule has 0 unspecified atom stereocenters. The Morgan fingerprint density at radius 2 is 2.16 bits per heavy atom. The molecule has 0 radical (unpaired) electrons. The predicted octanol–water partition coefficient (Wildman–Crippen LogP) is 1.32. The van der Waals surface area contributed by atoms with E-state index in [-0.39, 0.29) is 5.91 Å². The van der Waals surface area contributed by atoms with Crippen molar-refractivity contribution in [1.82, 2.24) is 15.1 Å². The molecule has 1 aromatic carbocycles. The van der Waals surface area contributed by atoms with Crippen LogP contribution in [0.25, 0.3) is 0 Å². The number of carbonyl (C=O) groups is 1. The second kappa shape index (κ2) is 4.85. The van der Waals surface area contributed by atoms with Gasteiger partial charge in [-0.1, -0.05) is 18.2 Å². The number of anilines is 1. The lowest BCUT2D eigenvalue weighted by Gasteiger charge is -2.13. The molecule has 0 fully saturated rings. The summed E-state index contributed by atoms with van der Waals surface area (Å²) >= 11 is 0. The molecule has 1 amide bonds. The average Bonchev–Trinajstić information content (AvgIpc) is 2.76. The summed E-state index contributed by atoms with van der Waals surface area (Å²) in [6.45, 7) is 1.70. The first-order valence-corrected chi connectivity index (χ1v) is 6.37. The van der Waals surface area contributed by atoms with Crippen LogP contribution in [0.2, 0.25) is 0 Å². The van der Waals surface area contributed by atoms with Crippen LogP contribution in [0.4, 0.5) is 5.82 Å². The third kappa shape index (κ3) is 2.24. The Kier molecular flexibility index (Phi) is 3.05. The van der Waals surface area contributed by atoms with Crippen LogP contribution in [0.5, 0.6) is 0 Å². The van der Waals surface area contributed by atoms with E-state index in [1.165, 1.54) is 0 Å². The minimum absolute atomic E-state index is 0.100. The number of rotatable bonds is 2. The first kappa shape index (κ1) is 11.9. The van der Waals surface area contributed by atoms with Crippen molar-refractivity contribution in [2.75, 3.05) is 11.9 Å². The SMILES string of the molecule is Cn1nc2c(c1NC(=O)c1ccccc1)CNCC2. The first-order valence-electron chi connectivity index (χ1n) is 6.37. The van der Waals surface area contributed by atoms with E-state index in [0.717, 1.165) is 36.6 Å². The number of nitrogens with one attached hydrogen (secondary N) is 2. The smallest absolute Gasteiger partial charge is 0.256 e. The number of amides is 1. The van der Waals surface area contributed by atoms with E-state index in [1.54, 1.807) is 16.8 Å². The number of aryl methyl sites for hydroxylation is 1. The molecule has 19 heavy (non-hydrogen) atoms. The van der Waals surface area contributed by atoms with Gasteiger partial charge in [-0.2, -0.15) is 5.10 Å². The van der Waals surface area contributed by atoms with Gasteiger partial charge in [0.1, 0.15) is 5.82 Å². The van der Waals surface area contributed by atoms with E-state index in [9.17, 15) is 4.79 Å². The van der Waals surface area contributed by atoms with Crippen molar-refractivity contribution < 1.29 is 4.79 Å². The molecule has 2 heterocycles. The molecular formula is C14H16N4O. The summed E-state index contributed by atoms with van der Waals surface area (Å²) in [5, 5.41) is 10.7. The Morgan fingerprint density at radius 1 is 1.37 bits per heavy atom. The maximum Gasteiger partial charge on any atom is 0.256 e. The molecule has 0 saturated heterocycles. The number of nitrogens with zero attached hydrogens (tertiary/aromatic N) is 2. The molecule has 0 atom stereocenters. The highest BCUT2D eigenvalue weighted by atomic mass is 16.1. The van der Waals surface area contributed by atoms with Crippen LogP contribution in [0.1, 0.15) is 21.6 Å². The van der Waals surface area contributed by atoms with Gasteiger partial charge in [0.05, 0.1) is 5.69 Å². The standard InChI is InChI=1S/C14H16N4O/c1-18-13(11-9-15-8-7-12(11)17-18)16-14(19)10-5-3-2-4-6-10/h2-6,15H,7-9H2,1H3,(H,16,19). The minimum Gasteiger partial charge on any atom is -0.312 e. The van der Waals surface area contributed by atoms with Crippen LogP contribution in [-0.4, -0.2) is 22.2 Å². The topological polar surface area (TPSA) is 59.0 Å². The van der Waals surface area contributed by atoms with Crippen molar-refractivity contribution in [3.63, 3.8) is 0 Å². The normalized spacial score (nSPS) is 13.9. The fourth-order valence-electron chi connectivity index (χ4n) is 2.36. The van der Waals surface area contributed by atoms with Gasteiger partial charge in [-0.3, -0.25) is 9.48 Å². The molecule has 1 aliphatic rings. The number of benzene rings is 1. The zero-order valence-corrected chi connectivity index (χ0v) is 10.8. The molecule has 1 aromatic heterocycles. The summed E-state index contributed by atoms with van der Waals surface area (Å²) < 4.78 is 1.75. The molecular weight excluding hydrogens is 240 g/mol. The fourth-order valence-corrected chi connectivity index (χ4v) is 2.36. The predicted molar refractivity (Wildman–Crippen MR) is 73.0 cm³/mol. The molecule has 0 aliphatic carbocycles. The van der Waals surface area contributed by atoms with E-state index in [4.69, 9.17) is 0 Å². The summed E-state index contributed by atoms with van der Waals surface area (Å²) in [5.74, 6) is 0.688. The number of fused-ring (bicyclic) bond motifs is 1. The van der Waals surface area contributed by atoms with E-state index in [2.05, 4.69) is 15.7 Å². The van der Waals surface area contributed by atoms with Crippen LogP contribution < -0.4 is 10.6 Å². The zero-order valence-electron chi connectivity index (χ0n) is 10.8. The van der Waals surface area contributed by atoms with Crippen LogP contribution in [0, 0.1) is 0 Å². The maximum atomic E-state index is 12.2. The summed E-state index contributed by atoms with van der Waals surface area (Å²) in [5.41, 5.74) is 2.82. The highest BCUT2D eigenvalue weighted by Crippen LogP contribution is 2.22. The van der Waals surface area contributed by atoms with Crippen LogP contribution in [0.15, 0.2) is 30.3 Å². The van der Waals surface area contributed by atoms with Gasteiger partial charge in [0, 0.05) is 37.7 Å². The van der Waals surface area contributed by atoms with Gasteiger partial charge in [-0.15, -0.1) is 0 Å². The molecule has 0 bridgehead atoms. The maximum absolute atomic E-state index is 12.2. The van der Waals surface area contributed by atoms with Gasteiger partial charge in [0.25, 0.3) is 5.91 Å². The fraction of sp³-hybridized carbons (Fsp3) is 0.286. The Bertz CT molecular complexity index is 603. The molecule has 2 aromatic rings. The summed E-state index contributed by atoms with van der Waals surface area (Å²) in [4.78, 5) is 12.2. The van der Waals surface area contributed by atoms with E-state index >= 15 is 0 Å². The number of hydrogen-bond acceptors (Lipinski definition) is 3. The summed E-state index contributed by atoms with van der Waals surface area (Å²) in [7, 11) is 1.86. The Labute approximate surface area is 111 Å². The molecule has 98 valence electrons. The van der Waals surface area contributed by atoms with Gasteiger partial charge in [-0.25, -0.2) is 0 Å². The summed E-state index contributed by atoms with van der Waals surface area (Å²) in [6, 6.07) is 9.21. The number of hydrogen-bond donors (Lipinski definition) is 2.